The second-order valence-corrected chi connectivity index (χ2v) is 4.48. The Balaban J connectivity index is 2.01. The lowest BCUT2D eigenvalue weighted by molar-refractivity contribution is -0.684. The summed E-state index contributed by atoms with van der Waals surface area (Å²) in [6.07, 6.45) is 3.75. The van der Waals surface area contributed by atoms with E-state index in [0.717, 1.165) is 5.56 Å². The number of amides is 1. The van der Waals surface area contributed by atoms with Gasteiger partial charge in [-0.25, -0.2) is 0 Å². The van der Waals surface area contributed by atoms with E-state index < -0.39 is 0 Å². The normalized spacial score (nSPS) is 10.1. The Kier molecular flexibility index (Phi) is 3.95. The van der Waals surface area contributed by atoms with Gasteiger partial charge in [0, 0.05) is 12.1 Å². The zero-order valence-corrected chi connectivity index (χ0v) is 10.8. The van der Waals surface area contributed by atoms with E-state index in [9.17, 15) is 4.79 Å². The highest BCUT2D eigenvalue weighted by atomic mass is 35.5. The van der Waals surface area contributed by atoms with Gasteiger partial charge in [-0.15, -0.1) is 0 Å². The third-order valence-corrected chi connectivity index (χ3v) is 2.86. The second kappa shape index (κ2) is 5.65. The Hall–Kier alpha value is -1.87. The summed E-state index contributed by atoms with van der Waals surface area (Å²) in [5.41, 5.74) is 1.80. The van der Waals surface area contributed by atoms with Crippen molar-refractivity contribution in [3.8, 4) is 0 Å². The van der Waals surface area contributed by atoms with E-state index in [0.29, 0.717) is 10.7 Å². The van der Waals surface area contributed by atoms with Gasteiger partial charge in [0.15, 0.2) is 12.4 Å². The van der Waals surface area contributed by atoms with Crippen molar-refractivity contribution in [2.24, 2.45) is 0 Å². The summed E-state index contributed by atoms with van der Waals surface area (Å²) in [6.45, 7) is 2.28. The molecule has 0 aliphatic heterocycles. The molecule has 3 nitrogen and oxygen atoms in total. The van der Waals surface area contributed by atoms with Crippen LogP contribution in [0.15, 0.2) is 48.8 Å². The Morgan fingerprint density at radius 2 is 1.89 bits per heavy atom. The van der Waals surface area contributed by atoms with E-state index in [1.807, 2.05) is 48.1 Å². The van der Waals surface area contributed by atoms with Gasteiger partial charge >= 0.3 is 0 Å². The molecule has 0 saturated carbocycles. The minimum atomic E-state index is -0.100. The zero-order chi connectivity index (χ0) is 13.0. The number of carbonyl (C=O) groups excluding carboxylic acids is 1. The highest BCUT2D eigenvalue weighted by molar-refractivity contribution is 6.33. The summed E-state index contributed by atoms with van der Waals surface area (Å²) in [7, 11) is 0. The van der Waals surface area contributed by atoms with Gasteiger partial charge in [0.1, 0.15) is 0 Å². The fourth-order valence-electron chi connectivity index (χ4n) is 1.56. The maximum Gasteiger partial charge on any atom is 0.290 e. The number of aromatic nitrogens is 1. The van der Waals surface area contributed by atoms with Gasteiger partial charge in [-0.1, -0.05) is 23.7 Å². The van der Waals surface area contributed by atoms with Gasteiger partial charge in [0.05, 0.1) is 10.7 Å². The molecule has 1 aromatic heterocycles. The average Bonchev–Trinajstić information content (AvgIpc) is 2.35. The molecule has 0 aliphatic rings. The number of anilines is 1. The van der Waals surface area contributed by atoms with Crippen LogP contribution in [0, 0.1) is 6.92 Å². The number of nitrogens with one attached hydrogen (secondary N) is 1. The summed E-state index contributed by atoms with van der Waals surface area (Å²) in [5.74, 6) is -0.100. The molecule has 1 N–H and O–H groups in total. The van der Waals surface area contributed by atoms with Crippen molar-refractivity contribution in [1.82, 2.24) is 0 Å². The minimum absolute atomic E-state index is 0.100. The van der Waals surface area contributed by atoms with Crippen molar-refractivity contribution in [3.05, 3.63) is 59.4 Å². The lowest BCUT2D eigenvalue weighted by Gasteiger charge is -2.04. The predicted octanol–water partition coefficient (Wildman–Crippen LogP) is 2.57. The van der Waals surface area contributed by atoms with Crippen LogP contribution in [0.5, 0.6) is 0 Å². The quantitative estimate of drug-likeness (QED) is 0.847. The number of rotatable bonds is 3. The molecule has 0 radical (unpaired) electrons. The van der Waals surface area contributed by atoms with E-state index >= 15 is 0 Å². The van der Waals surface area contributed by atoms with E-state index in [-0.39, 0.29) is 12.5 Å². The van der Waals surface area contributed by atoms with Gasteiger partial charge in [0.2, 0.25) is 6.54 Å². The molecule has 0 fully saturated rings. The molecule has 0 bridgehead atoms. The largest absolute Gasteiger partial charge is 0.319 e. The van der Waals surface area contributed by atoms with Crippen LogP contribution in [0.25, 0.3) is 0 Å². The highest BCUT2D eigenvalue weighted by Gasteiger charge is 2.10. The number of hydrogen-bond acceptors (Lipinski definition) is 1. The molecule has 2 rings (SSSR count). The molecular weight excluding hydrogens is 248 g/mol. The van der Waals surface area contributed by atoms with E-state index in [4.69, 9.17) is 11.6 Å². The number of pyridine rings is 1. The monoisotopic (exact) mass is 261 g/mol. The number of nitrogens with zero attached hydrogens (tertiary/aromatic N) is 1. The molecule has 4 heteroatoms. The van der Waals surface area contributed by atoms with Gasteiger partial charge in [-0.3, -0.25) is 4.79 Å². The van der Waals surface area contributed by atoms with Crippen molar-refractivity contribution in [2.45, 2.75) is 13.5 Å². The first-order valence-electron chi connectivity index (χ1n) is 5.65. The van der Waals surface area contributed by atoms with Crippen molar-refractivity contribution in [3.63, 3.8) is 0 Å². The van der Waals surface area contributed by atoms with Crippen molar-refractivity contribution < 1.29 is 9.36 Å². The standard InChI is InChI=1S/C14H13ClN2O/c1-11-6-8-17(9-7-11)10-14(18)16-13-5-3-2-4-12(13)15/h2-9H,10H2,1H3/p+1. The van der Waals surface area contributed by atoms with Crippen molar-refractivity contribution in [2.75, 3.05) is 5.32 Å². The number of benzene rings is 1. The average molecular weight is 262 g/mol. The van der Waals surface area contributed by atoms with Gasteiger partial charge in [0.25, 0.3) is 5.91 Å². The molecule has 92 valence electrons. The number of carbonyl (C=O) groups is 1. The first kappa shape index (κ1) is 12.6. The van der Waals surface area contributed by atoms with Gasteiger partial charge < -0.3 is 5.32 Å². The second-order valence-electron chi connectivity index (χ2n) is 4.08. The maximum absolute atomic E-state index is 11.8. The Bertz CT molecular complexity index is 552. The molecular formula is C14H14ClN2O+. The fraction of sp³-hybridized carbons (Fsp3) is 0.143. The van der Waals surface area contributed by atoms with Crippen LogP contribution in [-0.2, 0) is 11.3 Å². The number of halogens is 1. The predicted molar refractivity (Wildman–Crippen MR) is 71.5 cm³/mol. The molecule has 1 aromatic carbocycles. The highest BCUT2D eigenvalue weighted by Crippen LogP contribution is 2.19. The third-order valence-electron chi connectivity index (χ3n) is 2.53. The fourth-order valence-corrected chi connectivity index (χ4v) is 1.74. The van der Waals surface area contributed by atoms with Crippen LogP contribution in [0.3, 0.4) is 0 Å². The van der Waals surface area contributed by atoms with E-state index in [1.54, 1.807) is 12.1 Å². The first-order valence-corrected chi connectivity index (χ1v) is 6.03. The molecule has 0 aliphatic carbocycles. The van der Waals surface area contributed by atoms with Crippen LogP contribution in [0.2, 0.25) is 5.02 Å². The maximum atomic E-state index is 11.8. The van der Waals surface area contributed by atoms with Gasteiger partial charge in [-0.2, -0.15) is 4.57 Å². The number of aryl methyl sites for hydroxylation is 1. The van der Waals surface area contributed by atoms with Gasteiger partial charge in [-0.05, 0) is 24.6 Å². The molecule has 0 spiro atoms. The molecule has 18 heavy (non-hydrogen) atoms. The minimum Gasteiger partial charge on any atom is -0.319 e. The van der Waals surface area contributed by atoms with E-state index in [1.165, 1.54) is 0 Å². The lowest BCUT2D eigenvalue weighted by atomic mass is 10.3. The number of para-hydroxylation sites is 1. The SMILES string of the molecule is Cc1cc[n+](CC(=O)Nc2ccccc2Cl)cc1. The van der Waals surface area contributed by atoms with Crippen molar-refractivity contribution >= 4 is 23.2 Å². The summed E-state index contributed by atoms with van der Waals surface area (Å²) >= 11 is 5.97. The number of hydrogen-bond donors (Lipinski definition) is 1. The molecule has 1 amide bonds. The molecule has 0 atom stereocenters. The summed E-state index contributed by atoms with van der Waals surface area (Å²) in [5, 5.41) is 3.32. The van der Waals surface area contributed by atoms with Crippen LogP contribution < -0.4 is 9.88 Å². The van der Waals surface area contributed by atoms with Crippen LogP contribution in [-0.4, -0.2) is 5.91 Å². The lowest BCUT2D eigenvalue weighted by Crippen LogP contribution is -2.39. The molecule has 0 unspecified atom stereocenters. The van der Waals surface area contributed by atoms with Crippen LogP contribution >= 0.6 is 11.6 Å². The Labute approximate surface area is 111 Å². The Morgan fingerprint density at radius 3 is 2.56 bits per heavy atom. The Morgan fingerprint density at radius 1 is 1.22 bits per heavy atom. The summed E-state index contributed by atoms with van der Waals surface area (Å²) in [4.78, 5) is 11.8. The first-order chi connectivity index (χ1) is 8.65. The van der Waals surface area contributed by atoms with Crippen molar-refractivity contribution in [1.29, 1.82) is 0 Å². The van der Waals surface area contributed by atoms with Crippen LogP contribution in [0.1, 0.15) is 5.56 Å². The molecule has 1 heterocycles. The smallest absolute Gasteiger partial charge is 0.290 e. The third kappa shape index (κ3) is 3.31. The zero-order valence-electron chi connectivity index (χ0n) is 10.1. The summed E-state index contributed by atoms with van der Waals surface area (Å²) in [6, 6.07) is 11.1. The van der Waals surface area contributed by atoms with E-state index in [2.05, 4.69) is 5.32 Å². The summed E-state index contributed by atoms with van der Waals surface area (Å²) < 4.78 is 1.82. The van der Waals surface area contributed by atoms with Crippen LogP contribution in [0.4, 0.5) is 5.69 Å². The molecule has 2 aromatic rings. The molecule has 0 saturated heterocycles. The topological polar surface area (TPSA) is 33.0 Å².